The summed E-state index contributed by atoms with van der Waals surface area (Å²) >= 11 is 1.66. The highest BCUT2D eigenvalue weighted by molar-refractivity contribution is 7.09. The average Bonchev–Trinajstić information content (AvgIpc) is 2.97. The molecule has 0 aliphatic carbocycles. The Balaban J connectivity index is 1.60. The smallest absolute Gasteiger partial charge is 0.261 e. The second-order valence-corrected chi connectivity index (χ2v) is 6.43. The van der Waals surface area contributed by atoms with Crippen LogP contribution in [0.1, 0.15) is 10.4 Å². The normalized spacial score (nSPS) is 14.4. The first-order valence-corrected chi connectivity index (χ1v) is 8.19. The Bertz CT molecular complexity index is 605. The van der Waals surface area contributed by atoms with Crippen LogP contribution in [0.5, 0.6) is 5.75 Å². The summed E-state index contributed by atoms with van der Waals surface area (Å²) in [6.45, 7) is 3.93. The van der Waals surface area contributed by atoms with Crippen LogP contribution in [0.15, 0.2) is 41.8 Å². The quantitative estimate of drug-likeness (QED) is 0.822. The van der Waals surface area contributed by atoms with Gasteiger partial charge in [-0.15, -0.1) is 11.3 Å². The Hall–Kier alpha value is -1.85. The molecule has 0 spiro atoms. The van der Waals surface area contributed by atoms with E-state index in [4.69, 9.17) is 9.47 Å². The van der Waals surface area contributed by atoms with E-state index in [9.17, 15) is 4.79 Å². The molecule has 2 aromatic rings. The molecule has 5 heteroatoms. The van der Waals surface area contributed by atoms with Crippen molar-refractivity contribution in [1.29, 1.82) is 0 Å². The topological polar surface area (TPSA) is 38.8 Å². The first-order chi connectivity index (χ1) is 10.7. The fraction of sp³-hybridized carbons (Fsp3) is 0.353. The van der Waals surface area contributed by atoms with Gasteiger partial charge in [0.05, 0.1) is 25.8 Å². The zero-order chi connectivity index (χ0) is 15.4. The summed E-state index contributed by atoms with van der Waals surface area (Å²) in [6.07, 6.45) is 0. The fourth-order valence-electron chi connectivity index (χ4n) is 2.26. The number of ether oxygens (including phenoxy) is 2. The molecule has 0 atom stereocenters. The molecule has 3 rings (SSSR count). The van der Waals surface area contributed by atoms with Gasteiger partial charge in [-0.05, 0) is 30.5 Å². The van der Waals surface area contributed by atoms with Crippen LogP contribution < -0.4 is 4.74 Å². The Morgan fingerprint density at radius 1 is 1.32 bits per heavy atom. The third kappa shape index (κ3) is 3.67. The number of thiophene rings is 1. The maximum Gasteiger partial charge on any atom is 0.261 e. The van der Waals surface area contributed by atoms with Gasteiger partial charge in [0, 0.05) is 4.88 Å². The third-order valence-electron chi connectivity index (χ3n) is 3.67. The standard InChI is InChI=1S/C17H19NO3S/c1-13-4-6-15(7-5-13)21-12-17(19)18(14-10-20-11-14)9-16-3-2-8-22-16/h2-8,14H,9-12H2,1H3. The van der Waals surface area contributed by atoms with Gasteiger partial charge in [-0.2, -0.15) is 0 Å². The molecule has 0 N–H and O–H groups in total. The lowest BCUT2D eigenvalue weighted by Crippen LogP contribution is -2.52. The second kappa shape index (κ2) is 6.94. The van der Waals surface area contributed by atoms with Crippen LogP contribution in [0.25, 0.3) is 0 Å². The lowest BCUT2D eigenvalue weighted by Gasteiger charge is -2.37. The number of nitrogens with zero attached hydrogens (tertiary/aromatic N) is 1. The second-order valence-electron chi connectivity index (χ2n) is 5.39. The maximum atomic E-state index is 12.5. The highest BCUT2D eigenvalue weighted by Gasteiger charge is 2.30. The van der Waals surface area contributed by atoms with Gasteiger partial charge in [-0.25, -0.2) is 0 Å². The van der Waals surface area contributed by atoms with Gasteiger partial charge in [0.1, 0.15) is 5.75 Å². The van der Waals surface area contributed by atoms with Crippen LogP contribution in [0, 0.1) is 6.92 Å². The molecule has 1 saturated heterocycles. The van der Waals surface area contributed by atoms with Crippen molar-refractivity contribution in [2.24, 2.45) is 0 Å². The molecule has 2 heterocycles. The predicted octanol–water partition coefficient (Wildman–Crippen LogP) is 2.86. The minimum atomic E-state index is 0.00211. The van der Waals surface area contributed by atoms with Crippen LogP contribution in [0.4, 0.5) is 0 Å². The Kier molecular flexibility index (Phi) is 4.75. The summed E-state index contributed by atoms with van der Waals surface area (Å²) < 4.78 is 10.8. The summed E-state index contributed by atoms with van der Waals surface area (Å²) in [6, 6.07) is 11.9. The Labute approximate surface area is 134 Å². The molecule has 1 aliphatic rings. The van der Waals surface area contributed by atoms with Crippen LogP contribution in [-0.2, 0) is 16.1 Å². The predicted molar refractivity (Wildman–Crippen MR) is 86.2 cm³/mol. The molecule has 22 heavy (non-hydrogen) atoms. The van der Waals surface area contributed by atoms with Crippen molar-refractivity contribution in [2.75, 3.05) is 19.8 Å². The lowest BCUT2D eigenvalue weighted by molar-refractivity contribution is -0.147. The van der Waals surface area contributed by atoms with Gasteiger partial charge in [-0.3, -0.25) is 4.79 Å². The number of hydrogen-bond donors (Lipinski definition) is 0. The summed E-state index contributed by atoms with van der Waals surface area (Å²) in [5.41, 5.74) is 1.17. The SMILES string of the molecule is Cc1ccc(OCC(=O)N(Cc2cccs2)C2COC2)cc1. The van der Waals surface area contributed by atoms with Crippen molar-refractivity contribution < 1.29 is 14.3 Å². The first-order valence-electron chi connectivity index (χ1n) is 7.31. The summed E-state index contributed by atoms with van der Waals surface area (Å²) in [4.78, 5) is 15.5. The number of rotatable bonds is 6. The van der Waals surface area contributed by atoms with Gasteiger partial charge in [-0.1, -0.05) is 23.8 Å². The van der Waals surface area contributed by atoms with Crippen LogP contribution >= 0.6 is 11.3 Å². The van der Waals surface area contributed by atoms with E-state index in [0.717, 1.165) is 5.75 Å². The molecule has 0 unspecified atom stereocenters. The highest BCUT2D eigenvalue weighted by Crippen LogP contribution is 2.19. The van der Waals surface area contributed by atoms with Crippen molar-refractivity contribution in [3.63, 3.8) is 0 Å². The van der Waals surface area contributed by atoms with E-state index in [0.29, 0.717) is 19.8 Å². The van der Waals surface area contributed by atoms with Gasteiger partial charge >= 0.3 is 0 Å². The van der Waals surface area contributed by atoms with Gasteiger partial charge in [0.25, 0.3) is 5.91 Å². The minimum Gasteiger partial charge on any atom is -0.484 e. The maximum absolute atomic E-state index is 12.5. The molecule has 0 radical (unpaired) electrons. The van der Waals surface area contributed by atoms with E-state index in [1.165, 1.54) is 10.4 Å². The number of carbonyl (C=O) groups excluding carboxylic acids is 1. The Morgan fingerprint density at radius 2 is 2.09 bits per heavy atom. The molecule has 1 aromatic heterocycles. The molecule has 1 aliphatic heterocycles. The van der Waals surface area contributed by atoms with Crippen LogP contribution in [0.2, 0.25) is 0 Å². The number of benzene rings is 1. The number of hydrogen-bond acceptors (Lipinski definition) is 4. The van der Waals surface area contributed by atoms with Crippen molar-refractivity contribution in [3.8, 4) is 5.75 Å². The summed E-state index contributed by atoms with van der Waals surface area (Å²) in [7, 11) is 0. The molecule has 116 valence electrons. The van der Waals surface area contributed by atoms with E-state index in [1.807, 2.05) is 53.6 Å². The van der Waals surface area contributed by atoms with Gasteiger partial charge < -0.3 is 14.4 Å². The number of aryl methyl sites for hydroxylation is 1. The fourth-order valence-corrected chi connectivity index (χ4v) is 2.96. The minimum absolute atomic E-state index is 0.00211. The van der Waals surface area contributed by atoms with E-state index in [1.54, 1.807) is 11.3 Å². The van der Waals surface area contributed by atoms with Gasteiger partial charge in [0.15, 0.2) is 6.61 Å². The van der Waals surface area contributed by atoms with Crippen LogP contribution in [-0.4, -0.2) is 36.7 Å². The van der Waals surface area contributed by atoms with Crippen molar-refractivity contribution in [1.82, 2.24) is 4.90 Å². The van der Waals surface area contributed by atoms with Crippen molar-refractivity contribution >= 4 is 17.2 Å². The highest BCUT2D eigenvalue weighted by atomic mass is 32.1. The zero-order valence-electron chi connectivity index (χ0n) is 12.5. The lowest BCUT2D eigenvalue weighted by atomic mass is 10.2. The van der Waals surface area contributed by atoms with Gasteiger partial charge in [0.2, 0.25) is 0 Å². The molecular formula is C17H19NO3S. The van der Waals surface area contributed by atoms with E-state index < -0.39 is 0 Å². The van der Waals surface area contributed by atoms with Crippen molar-refractivity contribution in [3.05, 3.63) is 52.2 Å². The molecule has 1 amide bonds. The van der Waals surface area contributed by atoms with Crippen LogP contribution in [0.3, 0.4) is 0 Å². The van der Waals surface area contributed by atoms with E-state index in [-0.39, 0.29) is 18.6 Å². The number of carbonyl (C=O) groups is 1. The molecule has 1 aromatic carbocycles. The molecule has 0 saturated carbocycles. The van der Waals surface area contributed by atoms with E-state index >= 15 is 0 Å². The average molecular weight is 317 g/mol. The molecular weight excluding hydrogens is 298 g/mol. The van der Waals surface area contributed by atoms with E-state index in [2.05, 4.69) is 0 Å². The first kappa shape index (κ1) is 15.1. The molecule has 0 bridgehead atoms. The monoisotopic (exact) mass is 317 g/mol. The van der Waals surface area contributed by atoms with Crippen molar-refractivity contribution in [2.45, 2.75) is 19.5 Å². The largest absolute Gasteiger partial charge is 0.484 e. The number of amides is 1. The molecule has 1 fully saturated rings. The molecule has 4 nitrogen and oxygen atoms in total. The summed E-state index contributed by atoms with van der Waals surface area (Å²) in [5, 5.41) is 2.03. The zero-order valence-corrected chi connectivity index (χ0v) is 13.3. The summed E-state index contributed by atoms with van der Waals surface area (Å²) in [5.74, 6) is 0.724. The third-order valence-corrected chi connectivity index (χ3v) is 4.53. The Morgan fingerprint density at radius 3 is 2.68 bits per heavy atom.